The van der Waals surface area contributed by atoms with Crippen LogP contribution in [-0.4, -0.2) is 18.2 Å². The minimum Gasteiger partial charge on any atom is -0.371 e. The molecule has 12 heavy (non-hydrogen) atoms. The van der Waals surface area contributed by atoms with Gasteiger partial charge in [-0.15, -0.1) is 0 Å². The molecule has 1 rings (SSSR count). The van der Waals surface area contributed by atoms with Gasteiger partial charge in [-0.1, -0.05) is 6.42 Å². The van der Waals surface area contributed by atoms with Crippen molar-refractivity contribution in [2.24, 2.45) is 11.7 Å². The van der Waals surface area contributed by atoms with Gasteiger partial charge in [0.15, 0.2) is 0 Å². The summed E-state index contributed by atoms with van der Waals surface area (Å²) in [6, 6.07) is 0. The van der Waals surface area contributed by atoms with Gasteiger partial charge in [-0.2, -0.15) is 0 Å². The highest BCUT2D eigenvalue weighted by Gasteiger charge is 2.38. The normalized spacial score (nSPS) is 23.8. The predicted octanol–water partition coefficient (Wildman–Crippen LogP) is 1.93. The highest BCUT2D eigenvalue weighted by Crippen LogP contribution is 2.38. The van der Waals surface area contributed by atoms with Crippen LogP contribution < -0.4 is 5.73 Å². The number of hydrogen-bond donors (Lipinski definition) is 1. The summed E-state index contributed by atoms with van der Waals surface area (Å²) in [5.74, 6) is 0.699. The third kappa shape index (κ3) is 1.99. The maximum Gasteiger partial charge on any atom is 0.0807 e. The Balaban J connectivity index is 2.48. The van der Waals surface area contributed by atoms with E-state index in [4.69, 9.17) is 10.5 Å². The topological polar surface area (TPSA) is 35.2 Å². The largest absolute Gasteiger partial charge is 0.371 e. The molecule has 72 valence electrons. The lowest BCUT2D eigenvalue weighted by molar-refractivity contribution is -0.117. The Labute approximate surface area is 75.5 Å². The maximum atomic E-state index is 5.87. The van der Waals surface area contributed by atoms with Crippen LogP contribution in [0.15, 0.2) is 0 Å². The van der Waals surface area contributed by atoms with Crippen LogP contribution in [0.4, 0.5) is 0 Å². The van der Waals surface area contributed by atoms with Gasteiger partial charge in [0.2, 0.25) is 0 Å². The van der Waals surface area contributed by atoms with Gasteiger partial charge in [0.05, 0.1) is 11.7 Å². The van der Waals surface area contributed by atoms with Crippen LogP contribution >= 0.6 is 0 Å². The number of hydrogen-bond acceptors (Lipinski definition) is 2. The molecule has 1 aliphatic rings. The molecule has 0 aromatic heterocycles. The zero-order valence-electron chi connectivity index (χ0n) is 8.47. The highest BCUT2D eigenvalue weighted by atomic mass is 16.5. The summed E-state index contributed by atoms with van der Waals surface area (Å²) in [7, 11) is 0. The molecule has 0 heterocycles. The van der Waals surface area contributed by atoms with Crippen LogP contribution in [0.25, 0.3) is 0 Å². The van der Waals surface area contributed by atoms with Gasteiger partial charge in [0, 0.05) is 6.54 Å². The van der Waals surface area contributed by atoms with E-state index in [1.807, 2.05) is 0 Å². The molecular formula is C10H21NO. The molecule has 2 N–H and O–H groups in total. The minimum absolute atomic E-state index is 0.0631. The molecule has 2 nitrogen and oxygen atoms in total. The molecule has 0 aromatic rings. The van der Waals surface area contributed by atoms with Crippen molar-refractivity contribution in [2.45, 2.75) is 51.7 Å². The summed E-state index contributed by atoms with van der Waals surface area (Å²) in [6.45, 7) is 6.95. The van der Waals surface area contributed by atoms with Crippen LogP contribution in [0.5, 0.6) is 0 Å². The first-order valence-electron chi connectivity index (χ1n) is 4.96. The van der Waals surface area contributed by atoms with Crippen LogP contribution in [-0.2, 0) is 4.74 Å². The Morgan fingerprint density at radius 2 is 2.08 bits per heavy atom. The summed E-state index contributed by atoms with van der Waals surface area (Å²) in [5.41, 5.74) is 5.68. The monoisotopic (exact) mass is 171 g/mol. The molecule has 0 aliphatic heterocycles. The average Bonchev–Trinajstić information content (AvgIpc) is 1.81. The summed E-state index contributed by atoms with van der Waals surface area (Å²) in [5, 5.41) is 0. The third-order valence-electron chi connectivity index (χ3n) is 2.88. The molecule has 0 bridgehead atoms. The Bertz CT molecular complexity index is 143. The fourth-order valence-corrected chi connectivity index (χ4v) is 1.87. The molecule has 2 heteroatoms. The fourth-order valence-electron chi connectivity index (χ4n) is 1.87. The van der Waals surface area contributed by atoms with Crippen molar-refractivity contribution < 1.29 is 4.74 Å². The minimum atomic E-state index is -0.0631. The van der Waals surface area contributed by atoms with Crippen molar-refractivity contribution >= 4 is 0 Å². The lowest BCUT2D eigenvalue weighted by Crippen LogP contribution is -2.48. The smallest absolute Gasteiger partial charge is 0.0807 e. The summed E-state index contributed by atoms with van der Waals surface area (Å²) < 4.78 is 5.87. The SMILES string of the molecule is CC(C)OC(C)(CN)C1CCC1. The van der Waals surface area contributed by atoms with Gasteiger partial charge in [-0.25, -0.2) is 0 Å². The highest BCUT2D eigenvalue weighted by molar-refractivity contribution is 4.90. The average molecular weight is 171 g/mol. The number of nitrogens with two attached hydrogens (primary N) is 1. The van der Waals surface area contributed by atoms with Gasteiger partial charge in [0.1, 0.15) is 0 Å². The quantitative estimate of drug-likeness (QED) is 0.701. The van der Waals surface area contributed by atoms with Crippen molar-refractivity contribution in [3.8, 4) is 0 Å². The van der Waals surface area contributed by atoms with E-state index in [0.717, 1.165) is 0 Å². The van der Waals surface area contributed by atoms with Gasteiger partial charge >= 0.3 is 0 Å². The van der Waals surface area contributed by atoms with Crippen molar-refractivity contribution in [3.63, 3.8) is 0 Å². The molecule has 1 unspecified atom stereocenters. The van der Waals surface area contributed by atoms with Gasteiger partial charge < -0.3 is 10.5 Å². The van der Waals surface area contributed by atoms with Crippen molar-refractivity contribution in [3.05, 3.63) is 0 Å². The van der Waals surface area contributed by atoms with E-state index in [1.165, 1.54) is 19.3 Å². The summed E-state index contributed by atoms with van der Waals surface area (Å²) in [6.07, 6.45) is 4.22. The van der Waals surface area contributed by atoms with Crippen molar-refractivity contribution in [1.82, 2.24) is 0 Å². The van der Waals surface area contributed by atoms with E-state index in [9.17, 15) is 0 Å². The van der Waals surface area contributed by atoms with Crippen LogP contribution in [0.1, 0.15) is 40.0 Å². The van der Waals surface area contributed by atoms with Gasteiger partial charge in [-0.3, -0.25) is 0 Å². The Morgan fingerprint density at radius 1 is 1.50 bits per heavy atom. The Hall–Kier alpha value is -0.0800. The molecular weight excluding hydrogens is 150 g/mol. The second kappa shape index (κ2) is 3.75. The molecule has 0 radical (unpaired) electrons. The van der Waals surface area contributed by atoms with Crippen molar-refractivity contribution in [2.75, 3.05) is 6.54 Å². The molecule has 1 aliphatic carbocycles. The molecule has 1 atom stereocenters. The van der Waals surface area contributed by atoms with E-state index in [-0.39, 0.29) is 5.60 Å². The first-order chi connectivity index (χ1) is 5.58. The van der Waals surface area contributed by atoms with E-state index in [0.29, 0.717) is 18.6 Å². The molecule has 1 saturated carbocycles. The van der Waals surface area contributed by atoms with E-state index < -0.39 is 0 Å². The fraction of sp³-hybridized carbons (Fsp3) is 1.00. The molecule has 0 saturated heterocycles. The van der Waals surface area contributed by atoms with E-state index in [1.54, 1.807) is 0 Å². The molecule has 0 spiro atoms. The van der Waals surface area contributed by atoms with Crippen molar-refractivity contribution in [1.29, 1.82) is 0 Å². The zero-order valence-corrected chi connectivity index (χ0v) is 8.47. The standard InChI is InChI=1S/C10H21NO/c1-8(2)12-10(3,7-11)9-5-4-6-9/h8-9H,4-7,11H2,1-3H3. The molecule has 0 aromatic carbocycles. The third-order valence-corrected chi connectivity index (χ3v) is 2.88. The Morgan fingerprint density at radius 3 is 2.33 bits per heavy atom. The first-order valence-corrected chi connectivity index (χ1v) is 4.96. The lowest BCUT2D eigenvalue weighted by Gasteiger charge is -2.43. The number of rotatable bonds is 4. The second-order valence-corrected chi connectivity index (χ2v) is 4.31. The van der Waals surface area contributed by atoms with E-state index in [2.05, 4.69) is 20.8 Å². The molecule has 0 amide bonds. The van der Waals surface area contributed by atoms with Crippen LogP contribution in [0, 0.1) is 5.92 Å². The van der Waals surface area contributed by atoms with Gasteiger partial charge in [0.25, 0.3) is 0 Å². The Kier molecular flexibility index (Phi) is 3.13. The maximum absolute atomic E-state index is 5.87. The summed E-state index contributed by atoms with van der Waals surface area (Å²) in [4.78, 5) is 0. The molecule has 1 fully saturated rings. The van der Waals surface area contributed by atoms with Crippen LogP contribution in [0.3, 0.4) is 0 Å². The predicted molar refractivity (Wildman–Crippen MR) is 51.0 cm³/mol. The van der Waals surface area contributed by atoms with E-state index >= 15 is 0 Å². The number of ether oxygens (including phenoxy) is 1. The van der Waals surface area contributed by atoms with Gasteiger partial charge in [-0.05, 0) is 39.5 Å². The zero-order chi connectivity index (χ0) is 9.19. The van der Waals surface area contributed by atoms with Crippen LogP contribution in [0.2, 0.25) is 0 Å². The second-order valence-electron chi connectivity index (χ2n) is 4.31. The first kappa shape index (κ1) is 10.0. The summed E-state index contributed by atoms with van der Waals surface area (Å²) >= 11 is 0. The lowest BCUT2D eigenvalue weighted by atomic mass is 9.73.